The Morgan fingerprint density at radius 3 is 2.81 bits per heavy atom. The van der Waals surface area contributed by atoms with Crippen LogP contribution in [0, 0.1) is 16.0 Å². The number of hydrogen-bond donors (Lipinski definition) is 1. The number of nitro groups is 1. The fraction of sp³-hybridized carbons (Fsp3) is 0.526. The number of fused-ring (bicyclic) bond motifs is 1. The highest BCUT2D eigenvalue weighted by Gasteiger charge is 2.24. The quantitative estimate of drug-likeness (QED) is 0.655. The molecule has 1 unspecified atom stereocenters. The maximum absolute atomic E-state index is 11.2. The molecule has 2 saturated heterocycles. The van der Waals surface area contributed by atoms with E-state index in [1.807, 2.05) is 12.1 Å². The minimum absolute atomic E-state index is 0.104. The minimum atomic E-state index is -0.348. The lowest BCUT2D eigenvalue weighted by Crippen LogP contribution is -2.41. The van der Waals surface area contributed by atoms with Crippen LogP contribution in [0.3, 0.4) is 0 Å². The van der Waals surface area contributed by atoms with Crippen LogP contribution in [0.2, 0.25) is 0 Å². The van der Waals surface area contributed by atoms with Gasteiger partial charge in [0.15, 0.2) is 0 Å². The predicted octanol–water partition coefficient (Wildman–Crippen LogP) is 3.06. The molecule has 0 aliphatic carbocycles. The van der Waals surface area contributed by atoms with Crippen LogP contribution in [-0.4, -0.2) is 53.7 Å². The summed E-state index contributed by atoms with van der Waals surface area (Å²) in [7, 11) is 0. The monoisotopic (exact) mass is 356 g/mol. The number of non-ortho nitro benzene ring substituents is 1. The zero-order valence-electron chi connectivity index (χ0n) is 14.8. The van der Waals surface area contributed by atoms with Crippen molar-refractivity contribution in [2.75, 3.05) is 38.2 Å². The molecular weight excluding hydrogens is 332 g/mol. The summed E-state index contributed by atoms with van der Waals surface area (Å²) >= 11 is 0. The van der Waals surface area contributed by atoms with Gasteiger partial charge < -0.3 is 15.0 Å². The Kier molecular flexibility index (Phi) is 4.99. The Labute approximate surface area is 152 Å². The molecule has 0 saturated carbocycles. The zero-order valence-corrected chi connectivity index (χ0v) is 14.8. The van der Waals surface area contributed by atoms with E-state index in [1.54, 1.807) is 18.5 Å². The number of nitrogens with zero attached hydrogens (tertiary/aromatic N) is 3. The van der Waals surface area contributed by atoms with Gasteiger partial charge in [-0.15, -0.1) is 0 Å². The average Bonchev–Trinajstić information content (AvgIpc) is 3.16. The van der Waals surface area contributed by atoms with Crippen molar-refractivity contribution in [1.82, 2.24) is 9.88 Å². The van der Waals surface area contributed by atoms with Crippen LogP contribution >= 0.6 is 0 Å². The van der Waals surface area contributed by atoms with Crippen molar-refractivity contribution in [3.8, 4) is 0 Å². The van der Waals surface area contributed by atoms with Crippen molar-refractivity contribution in [3.05, 3.63) is 40.7 Å². The van der Waals surface area contributed by atoms with Crippen LogP contribution in [0.15, 0.2) is 30.6 Å². The zero-order chi connectivity index (χ0) is 17.9. The second-order valence-corrected chi connectivity index (χ2v) is 7.26. The van der Waals surface area contributed by atoms with Crippen LogP contribution < -0.4 is 5.32 Å². The molecule has 1 N–H and O–H groups in total. The van der Waals surface area contributed by atoms with E-state index in [2.05, 4.69) is 15.2 Å². The van der Waals surface area contributed by atoms with Crippen molar-refractivity contribution in [2.24, 2.45) is 5.92 Å². The highest BCUT2D eigenvalue weighted by atomic mass is 16.6. The van der Waals surface area contributed by atoms with E-state index in [1.165, 1.54) is 6.42 Å². The van der Waals surface area contributed by atoms with Gasteiger partial charge in [0.05, 0.1) is 16.9 Å². The lowest BCUT2D eigenvalue weighted by Gasteiger charge is -2.34. The topological polar surface area (TPSA) is 80.5 Å². The van der Waals surface area contributed by atoms with E-state index < -0.39 is 0 Å². The van der Waals surface area contributed by atoms with Gasteiger partial charge in [-0.1, -0.05) is 0 Å². The number of piperidine rings is 1. The van der Waals surface area contributed by atoms with Gasteiger partial charge in [-0.2, -0.15) is 0 Å². The molecule has 1 aromatic heterocycles. The lowest BCUT2D eigenvalue weighted by atomic mass is 10.0. The molecule has 0 amide bonds. The van der Waals surface area contributed by atoms with Crippen LogP contribution in [-0.2, 0) is 4.74 Å². The molecule has 26 heavy (non-hydrogen) atoms. The summed E-state index contributed by atoms with van der Waals surface area (Å²) in [5, 5.41) is 16.3. The second kappa shape index (κ2) is 7.55. The maximum Gasteiger partial charge on any atom is 0.278 e. The number of aromatic nitrogens is 1. The van der Waals surface area contributed by atoms with E-state index in [0.717, 1.165) is 56.8 Å². The Morgan fingerprint density at radius 1 is 1.23 bits per heavy atom. The van der Waals surface area contributed by atoms with Crippen LogP contribution in [0.25, 0.3) is 10.8 Å². The molecule has 2 fully saturated rings. The van der Waals surface area contributed by atoms with Gasteiger partial charge >= 0.3 is 0 Å². The molecule has 4 rings (SSSR count). The first-order valence-corrected chi connectivity index (χ1v) is 9.28. The number of rotatable bonds is 5. The molecule has 0 spiro atoms. The Bertz CT molecular complexity index is 783. The molecule has 2 aliphatic rings. The van der Waals surface area contributed by atoms with Crippen LogP contribution in [0.1, 0.15) is 19.3 Å². The number of pyridine rings is 1. The summed E-state index contributed by atoms with van der Waals surface area (Å²) in [4.78, 5) is 17.5. The minimum Gasteiger partial charge on any atom is -0.382 e. The normalized spacial score (nSPS) is 21.9. The first-order valence-electron chi connectivity index (χ1n) is 9.28. The van der Waals surface area contributed by atoms with E-state index >= 15 is 0 Å². The van der Waals surface area contributed by atoms with E-state index in [4.69, 9.17) is 4.74 Å². The van der Waals surface area contributed by atoms with Gasteiger partial charge in [0.1, 0.15) is 0 Å². The lowest BCUT2D eigenvalue weighted by molar-refractivity contribution is -0.383. The SMILES string of the molecule is O=[N+]([O-])c1ccc(NC2CCN(CC3CCOC3)CC2)c2ccncc12. The maximum atomic E-state index is 11.2. The Hall–Kier alpha value is -2.25. The first kappa shape index (κ1) is 17.2. The highest BCUT2D eigenvalue weighted by Crippen LogP contribution is 2.32. The number of ether oxygens (including phenoxy) is 1. The third kappa shape index (κ3) is 3.64. The van der Waals surface area contributed by atoms with Crippen molar-refractivity contribution in [1.29, 1.82) is 0 Å². The van der Waals surface area contributed by atoms with Gasteiger partial charge in [-0.3, -0.25) is 15.1 Å². The Balaban J connectivity index is 1.42. The second-order valence-electron chi connectivity index (χ2n) is 7.26. The molecule has 2 aromatic rings. The van der Waals surface area contributed by atoms with Gasteiger partial charge in [0, 0.05) is 61.8 Å². The average molecular weight is 356 g/mol. The Morgan fingerprint density at radius 2 is 2.08 bits per heavy atom. The van der Waals surface area contributed by atoms with Gasteiger partial charge in [-0.25, -0.2) is 0 Å². The summed E-state index contributed by atoms with van der Waals surface area (Å²) in [6.07, 6.45) is 6.60. The smallest absolute Gasteiger partial charge is 0.278 e. The summed E-state index contributed by atoms with van der Waals surface area (Å²) in [6, 6.07) is 5.63. The number of nitro benzene ring substituents is 1. The fourth-order valence-corrected chi connectivity index (χ4v) is 4.03. The number of anilines is 1. The molecule has 3 heterocycles. The van der Waals surface area contributed by atoms with Crippen molar-refractivity contribution in [2.45, 2.75) is 25.3 Å². The summed E-state index contributed by atoms with van der Waals surface area (Å²) < 4.78 is 5.47. The van der Waals surface area contributed by atoms with E-state index in [0.29, 0.717) is 17.3 Å². The van der Waals surface area contributed by atoms with Gasteiger partial charge in [-0.05, 0) is 37.3 Å². The van der Waals surface area contributed by atoms with Crippen LogP contribution in [0.4, 0.5) is 11.4 Å². The summed E-state index contributed by atoms with van der Waals surface area (Å²) in [5.74, 6) is 0.686. The molecular formula is C19H24N4O3. The highest BCUT2D eigenvalue weighted by molar-refractivity contribution is 5.99. The first-order chi connectivity index (χ1) is 12.7. The molecule has 1 atom stereocenters. The van der Waals surface area contributed by atoms with Crippen molar-refractivity contribution < 1.29 is 9.66 Å². The molecule has 2 aliphatic heterocycles. The van der Waals surface area contributed by atoms with Crippen molar-refractivity contribution >= 4 is 22.1 Å². The molecule has 138 valence electrons. The summed E-state index contributed by atoms with van der Waals surface area (Å²) in [6.45, 7) is 5.12. The van der Waals surface area contributed by atoms with Gasteiger partial charge in [0.25, 0.3) is 5.69 Å². The number of hydrogen-bond acceptors (Lipinski definition) is 6. The molecule has 7 nitrogen and oxygen atoms in total. The molecule has 0 bridgehead atoms. The van der Waals surface area contributed by atoms with E-state index in [-0.39, 0.29) is 10.6 Å². The molecule has 7 heteroatoms. The predicted molar refractivity (Wildman–Crippen MR) is 100 cm³/mol. The van der Waals surface area contributed by atoms with E-state index in [9.17, 15) is 10.1 Å². The standard InChI is InChI=1S/C19H24N4O3/c24-23(25)19-2-1-18(16-3-7-20-11-17(16)19)21-15-4-8-22(9-5-15)12-14-6-10-26-13-14/h1-3,7,11,14-15,21H,4-6,8-10,12-13H2. The third-order valence-corrected chi connectivity index (χ3v) is 5.48. The van der Waals surface area contributed by atoms with Crippen LogP contribution in [0.5, 0.6) is 0 Å². The molecule has 1 aromatic carbocycles. The fourth-order valence-electron chi connectivity index (χ4n) is 4.03. The number of nitrogens with one attached hydrogen (secondary N) is 1. The largest absolute Gasteiger partial charge is 0.382 e. The number of benzene rings is 1. The third-order valence-electron chi connectivity index (χ3n) is 5.48. The van der Waals surface area contributed by atoms with Gasteiger partial charge in [0.2, 0.25) is 0 Å². The molecule has 0 radical (unpaired) electrons. The summed E-state index contributed by atoms with van der Waals surface area (Å²) in [5.41, 5.74) is 1.06. The van der Waals surface area contributed by atoms with Crippen molar-refractivity contribution in [3.63, 3.8) is 0 Å². The number of likely N-dealkylation sites (tertiary alicyclic amines) is 1.